The van der Waals surface area contributed by atoms with E-state index < -0.39 is 21.9 Å². The van der Waals surface area contributed by atoms with Crippen molar-refractivity contribution in [3.63, 3.8) is 0 Å². The lowest BCUT2D eigenvalue weighted by atomic mass is 10.0. The number of methoxy groups -OCH3 is 1. The number of benzene rings is 2. The van der Waals surface area contributed by atoms with Gasteiger partial charge in [0.2, 0.25) is 10.0 Å². The standard InChI is InChI=1S/C21H26ClFN2O4S/c1-28-13-14-29-16-7-9-17(10-8-16)30(26,27)24-15-20(25-11-2-3-12-25)21-18(22)5-4-6-19(21)23/h4-10,20,24H,2-3,11-15H2,1H3. The summed E-state index contributed by atoms with van der Waals surface area (Å²) in [5.74, 6) is 0.121. The molecule has 1 unspecified atom stereocenters. The van der Waals surface area contributed by atoms with Crippen molar-refractivity contribution >= 4 is 21.6 Å². The number of ether oxygens (including phenoxy) is 2. The van der Waals surface area contributed by atoms with Gasteiger partial charge in [0.1, 0.15) is 18.2 Å². The van der Waals surface area contributed by atoms with Gasteiger partial charge in [0, 0.05) is 24.2 Å². The Kier molecular flexibility index (Phi) is 8.07. The Morgan fingerprint density at radius 3 is 2.47 bits per heavy atom. The van der Waals surface area contributed by atoms with Crippen molar-refractivity contribution in [2.24, 2.45) is 0 Å². The van der Waals surface area contributed by atoms with Gasteiger partial charge in [-0.15, -0.1) is 0 Å². The van der Waals surface area contributed by atoms with Crippen molar-refractivity contribution < 1.29 is 22.3 Å². The zero-order chi connectivity index (χ0) is 21.6. The van der Waals surface area contributed by atoms with E-state index in [1.54, 1.807) is 31.4 Å². The van der Waals surface area contributed by atoms with Crippen LogP contribution in [0.15, 0.2) is 47.4 Å². The minimum Gasteiger partial charge on any atom is -0.491 e. The third-order valence-corrected chi connectivity index (χ3v) is 6.84. The lowest BCUT2D eigenvalue weighted by molar-refractivity contribution is 0.146. The van der Waals surface area contributed by atoms with Crippen molar-refractivity contribution in [1.82, 2.24) is 9.62 Å². The van der Waals surface area contributed by atoms with E-state index >= 15 is 0 Å². The number of hydrogen-bond acceptors (Lipinski definition) is 5. The van der Waals surface area contributed by atoms with Crippen molar-refractivity contribution in [2.75, 3.05) is 40.0 Å². The minimum absolute atomic E-state index is 0.0229. The van der Waals surface area contributed by atoms with Gasteiger partial charge in [0.15, 0.2) is 0 Å². The number of rotatable bonds is 10. The summed E-state index contributed by atoms with van der Waals surface area (Å²) in [4.78, 5) is 2.18. The molecule has 0 radical (unpaired) electrons. The van der Waals surface area contributed by atoms with E-state index in [-0.39, 0.29) is 11.4 Å². The summed E-state index contributed by atoms with van der Waals surface area (Å²) in [5.41, 5.74) is 0.325. The highest BCUT2D eigenvalue weighted by molar-refractivity contribution is 7.89. The molecule has 1 atom stereocenters. The van der Waals surface area contributed by atoms with Crippen LogP contribution in [0.25, 0.3) is 0 Å². The summed E-state index contributed by atoms with van der Waals surface area (Å²) in [5, 5.41) is 0.295. The number of nitrogens with one attached hydrogen (secondary N) is 1. The fraction of sp³-hybridized carbons (Fsp3) is 0.429. The first-order chi connectivity index (χ1) is 14.4. The van der Waals surface area contributed by atoms with Crippen LogP contribution in [0.1, 0.15) is 24.4 Å². The van der Waals surface area contributed by atoms with E-state index in [1.807, 2.05) is 0 Å². The lowest BCUT2D eigenvalue weighted by Crippen LogP contribution is -2.37. The molecule has 1 fully saturated rings. The maximum Gasteiger partial charge on any atom is 0.240 e. The number of halogens is 2. The average Bonchev–Trinajstić information content (AvgIpc) is 3.25. The molecule has 30 heavy (non-hydrogen) atoms. The molecule has 3 rings (SSSR count). The molecule has 1 saturated heterocycles. The molecule has 1 N–H and O–H groups in total. The van der Waals surface area contributed by atoms with E-state index in [0.29, 0.717) is 29.5 Å². The third kappa shape index (κ3) is 5.70. The summed E-state index contributed by atoms with van der Waals surface area (Å²) in [6, 6.07) is 10.2. The second-order valence-corrected chi connectivity index (χ2v) is 9.23. The Balaban J connectivity index is 1.74. The highest BCUT2D eigenvalue weighted by Gasteiger charge is 2.29. The number of nitrogens with zero attached hydrogens (tertiary/aromatic N) is 1. The van der Waals surface area contributed by atoms with Crippen LogP contribution in [0.2, 0.25) is 5.02 Å². The van der Waals surface area contributed by atoms with Crippen LogP contribution in [0.5, 0.6) is 5.75 Å². The van der Waals surface area contributed by atoms with Crippen LogP contribution >= 0.6 is 11.6 Å². The van der Waals surface area contributed by atoms with Gasteiger partial charge >= 0.3 is 0 Å². The Morgan fingerprint density at radius 1 is 1.13 bits per heavy atom. The summed E-state index contributed by atoms with van der Waals surface area (Å²) in [7, 11) is -2.20. The second-order valence-electron chi connectivity index (χ2n) is 7.06. The smallest absolute Gasteiger partial charge is 0.240 e. The SMILES string of the molecule is COCCOc1ccc(S(=O)(=O)NCC(c2c(F)cccc2Cl)N2CCCC2)cc1. The fourth-order valence-electron chi connectivity index (χ4n) is 3.53. The quantitative estimate of drug-likeness (QED) is 0.553. The lowest BCUT2D eigenvalue weighted by Gasteiger charge is -2.29. The molecule has 1 heterocycles. The molecule has 0 aromatic heterocycles. The molecule has 0 bridgehead atoms. The number of sulfonamides is 1. The number of likely N-dealkylation sites (tertiary alicyclic amines) is 1. The summed E-state index contributed by atoms with van der Waals surface area (Å²) in [6.07, 6.45) is 1.97. The Bertz CT molecular complexity index is 914. The average molecular weight is 457 g/mol. The number of hydrogen-bond donors (Lipinski definition) is 1. The van der Waals surface area contributed by atoms with Crippen LogP contribution in [-0.4, -0.2) is 53.3 Å². The summed E-state index contributed by atoms with van der Waals surface area (Å²) >= 11 is 6.27. The molecule has 164 valence electrons. The van der Waals surface area contributed by atoms with Crippen LogP contribution in [0.3, 0.4) is 0 Å². The van der Waals surface area contributed by atoms with Crippen LogP contribution in [-0.2, 0) is 14.8 Å². The Morgan fingerprint density at radius 2 is 1.83 bits per heavy atom. The first-order valence-corrected chi connectivity index (χ1v) is 11.7. The highest BCUT2D eigenvalue weighted by Crippen LogP contribution is 2.32. The molecule has 6 nitrogen and oxygen atoms in total. The van der Waals surface area contributed by atoms with Crippen molar-refractivity contribution in [1.29, 1.82) is 0 Å². The molecule has 0 aliphatic carbocycles. The van der Waals surface area contributed by atoms with Gasteiger partial charge in [-0.3, -0.25) is 4.90 Å². The molecule has 0 amide bonds. The summed E-state index contributed by atoms with van der Waals surface area (Å²) in [6.45, 7) is 2.38. The van der Waals surface area contributed by atoms with Crippen molar-refractivity contribution in [2.45, 2.75) is 23.8 Å². The zero-order valence-corrected chi connectivity index (χ0v) is 18.4. The molecule has 0 spiro atoms. The second kappa shape index (κ2) is 10.5. The van der Waals surface area contributed by atoms with Crippen LogP contribution < -0.4 is 9.46 Å². The van der Waals surface area contributed by atoms with Crippen LogP contribution in [0, 0.1) is 5.82 Å². The Labute approximate surface area is 182 Å². The predicted molar refractivity (Wildman–Crippen MR) is 114 cm³/mol. The fourth-order valence-corrected chi connectivity index (χ4v) is 4.85. The van der Waals surface area contributed by atoms with E-state index in [0.717, 1.165) is 25.9 Å². The normalized spacial score (nSPS) is 16.0. The van der Waals surface area contributed by atoms with Gasteiger partial charge < -0.3 is 9.47 Å². The van der Waals surface area contributed by atoms with E-state index in [9.17, 15) is 12.8 Å². The topological polar surface area (TPSA) is 67.9 Å². The molecule has 9 heteroatoms. The Hall–Kier alpha value is -1.71. The van der Waals surface area contributed by atoms with Gasteiger partial charge in [0.25, 0.3) is 0 Å². The molecular formula is C21H26ClFN2O4S. The van der Waals surface area contributed by atoms with E-state index in [2.05, 4.69) is 9.62 Å². The van der Waals surface area contributed by atoms with Gasteiger partial charge in [-0.1, -0.05) is 17.7 Å². The molecule has 1 aliphatic heterocycles. The summed E-state index contributed by atoms with van der Waals surface area (Å²) < 4.78 is 53.2. The first kappa shape index (κ1) is 23.0. The van der Waals surface area contributed by atoms with E-state index in [4.69, 9.17) is 21.1 Å². The first-order valence-electron chi connectivity index (χ1n) is 9.82. The molecule has 0 saturated carbocycles. The predicted octanol–water partition coefficient (Wildman–Crippen LogP) is 3.62. The monoisotopic (exact) mass is 456 g/mol. The molecule has 2 aromatic carbocycles. The van der Waals surface area contributed by atoms with Gasteiger partial charge in [-0.25, -0.2) is 17.5 Å². The van der Waals surface area contributed by atoms with Crippen molar-refractivity contribution in [3.8, 4) is 5.75 Å². The minimum atomic E-state index is -3.78. The van der Waals surface area contributed by atoms with Gasteiger partial charge in [-0.2, -0.15) is 0 Å². The maximum atomic E-state index is 14.6. The highest BCUT2D eigenvalue weighted by atomic mass is 35.5. The maximum absolute atomic E-state index is 14.6. The van der Waals surface area contributed by atoms with Crippen LogP contribution in [0.4, 0.5) is 4.39 Å². The third-order valence-electron chi connectivity index (χ3n) is 5.07. The van der Waals surface area contributed by atoms with Crippen molar-refractivity contribution in [3.05, 3.63) is 58.9 Å². The largest absolute Gasteiger partial charge is 0.491 e. The van der Waals surface area contributed by atoms with Gasteiger partial charge in [-0.05, 0) is 62.3 Å². The zero-order valence-electron chi connectivity index (χ0n) is 16.8. The van der Waals surface area contributed by atoms with E-state index in [1.165, 1.54) is 18.2 Å². The van der Waals surface area contributed by atoms with Gasteiger partial charge in [0.05, 0.1) is 17.5 Å². The molecule has 2 aromatic rings. The molecule has 1 aliphatic rings. The molecular weight excluding hydrogens is 431 g/mol.